The van der Waals surface area contributed by atoms with Crippen molar-refractivity contribution < 1.29 is 0 Å². The first-order valence-corrected chi connectivity index (χ1v) is 7.66. The molecule has 1 aromatic heterocycles. The largest absolute Gasteiger partial charge is 0.236 e. The van der Waals surface area contributed by atoms with E-state index < -0.39 is 0 Å². The molecular formula is C17H17NS2. The lowest BCUT2D eigenvalue weighted by Crippen LogP contribution is -1.76. The predicted molar refractivity (Wildman–Crippen MR) is 93.7 cm³/mol. The Balaban J connectivity index is 0.000000452. The van der Waals surface area contributed by atoms with Crippen molar-refractivity contribution in [3.05, 3.63) is 65.6 Å². The van der Waals surface area contributed by atoms with Crippen LogP contribution in [0.15, 0.2) is 54.5 Å². The minimum absolute atomic E-state index is 1.09. The van der Waals surface area contributed by atoms with Crippen LogP contribution in [-0.2, 0) is 0 Å². The van der Waals surface area contributed by atoms with E-state index >= 15 is 0 Å². The standard InChI is InChI=1S/C15H13NS.C2H4S/c1-10-3-6-12(7-4-10)15-16-13-8-5-11(2)9-14(13)17-15;1-2-3/h3-9H,1-2H3;2-3H,1H2. The molecule has 2 aromatic carbocycles. The molecule has 0 radical (unpaired) electrons. The molecule has 3 rings (SSSR count). The van der Waals surface area contributed by atoms with Gasteiger partial charge in [0.05, 0.1) is 10.2 Å². The molecule has 0 aliphatic rings. The van der Waals surface area contributed by atoms with Crippen molar-refractivity contribution in [1.29, 1.82) is 0 Å². The highest BCUT2D eigenvalue weighted by Crippen LogP contribution is 2.30. The van der Waals surface area contributed by atoms with E-state index in [0.717, 1.165) is 10.5 Å². The molecule has 0 unspecified atom stereocenters. The molecule has 0 spiro atoms. The van der Waals surface area contributed by atoms with Gasteiger partial charge in [-0.15, -0.1) is 11.3 Å². The summed E-state index contributed by atoms with van der Waals surface area (Å²) in [5.41, 5.74) is 4.87. The molecule has 0 aliphatic carbocycles. The van der Waals surface area contributed by atoms with Gasteiger partial charge in [-0.1, -0.05) is 42.5 Å². The average molecular weight is 299 g/mol. The third-order valence-electron chi connectivity index (χ3n) is 2.84. The number of thiazole rings is 1. The SMILES string of the molecule is C=CS.Cc1ccc(-c2nc3ccc(C)cc3s2)cc1. The molecule has 3 heteroatoms. The molecule has 0 saturated heterocycles. The zero-order chi connectivity index (χ0) is 14.5. The maximum atomic E-state index is 4.67. The summed E-state index contributed by atoms with van der Waals surface area (Å²) in [5, 5.41) is 2.55. The van der Waals surface area contributed by atoms with E-state index in [-0.39, 0.29) is 0 Å². The average Bonchev–Trinajstić information content (AvgIpc) is 2.83. The van der Waals surface area contributed by atoms with Gasteiger partial charge in [-0.05, 0) is 37.0 Å². The Labute approximate surface area is 129 Å². The van der Waals surface area contributed by atoms with E-state index in [4.69, 9.17) is 0 Å². The molecule has 20 heavy (non-hydrogen) atoms. The second-order valence-corrected chi connectivity index (χ2v) is 5.93. The highest BCUT2D eigenvalue weighted by molar-refractivity contribution is 7.83. The molecule has 0 fully saturated rings. The number of hydrogen-bond acceptors (Lipinski definition) is 3. The molecule has 3 aromatic rings. The van der Waals surface area contributed by atoms with Gasteiger partial charge in [-0.2, -0.15) is 12.6 Å². The van der Waals surface area contributed by atoms with Crippen LogP contribution in [0.1, 0.15) is 11.1 Å². The molecule has 1 heterocycles. The second kappa shape index (κ2) is 6.73. The zero-order valence-corrected chi connectivity index (χ0v) is 13.3. The minimum Gasteiger partial charge on any atom is -0.236 e. The Morgan fingerprint density at radius 3 is 2.30 bits per heavy atom. The Kier molecular flexibility index (Phi) is 4.99. The fraction of sp³-hybridized carbons (Fsp3) is 0.118. The quantitative estimate of drug-likeness (QED) is 0.574. The minimum atomic E-state index is 1.09. The third kappa shape index (κ3) is 3.50. The van der Waals surface area contributed by atoms with Crippen LogP contribution in [0.4, 0.5) is 0 Å². The number of benzene rings is 2. The fourth-order valence-corrected chi connectivity index (χ4v) is 2.92. The maximum absolute atomic E-state index is 4.67. The summed E-state index contributed by atoms with van der Waals surface area (Å²) in [7, 11) is 0. The lowest BCUT2D eigenvalue weighted by molar-refractivity contribution is 1.43. The van der Waals surface area contributed by atoms with Gasteiger partial charge in [-0.25, -0.2) is 4.98 Å². The highest BCUT2D eigenvalue weighted by Gasteiger charge is 2.05. The van der Waals surface area contributed by atoms with Crippen molar-refractivity contribution in [2.24, 2.45) is 0 Å². The normalized spacial score (nSPS) is 9.95. The number of rotatable bonds is 1. The van der Waals surface area contributed by atoms with Crippen LogP contribution < -0.4 is 0 Å². The van der Waals surface area contributed by atoms with Crippen molar-refractivity contribution in [2.75, 3.05) is 0 Å². The maximum Gasteiger partial charge on any atom is 0.124 e. The van der Waals surface area contributed by atoms with Gasteiger partial charge in [0.25, 0.3) is 0 Å². The number of fused-ring (bicyclic) bond motifs is 1. The molecule has 0 N–H and O–H groups in total. The lowest BCUT2D eigenvalue weighted by atomic mass is 10.2. The fourth-order valence-electron chi connectivity index (χ4n) is 1.85. The van der Waals surface area contributed by atoms with Crippen LogP contribution in [0.25, 0.3) is 20.8 Å². The van der Waals surface area contributed by atoms with Crippen LogP contribution in [-0.4, -0.2) is 4.98 Å². The van der Waals surface area contributed by atoms with Gasteiger partial charge < -0.3 is 0 Å². The first kappa shape index (κ1) is 14.8. The lowest BCUT2D eigenvalue weighted by Gasteiger charge is -1.95. The van der Waals surface area contributed by atoms with E-state index in [1.807, 2.05) is 0 Å². The summed E-state index contributed by atoms with van der Waals surface area (Å²) in [4.78, 5) is 4.67. The number of aryl methyl sites for hydroxylation is 2. The summed E-state index contributed by atoms with van der Waals surface area (Å²) in [6.45, 7) is 7.44. The first-order chi connectivity index (χ1) is 9.63. The van der Waals surface area contributed by atoms with Gasteiger partial charge in [0.1, 0.15) is 5.01 Å². The molecule has 0 amide bonds. The van der Waals surface area contributed by atoms with E-state index in [0.29, 0.717) is 0 Å². The van der Waals surface area contributed by atoms with Gasteiger partial charge in [-0.3, -0.25) is 0 Å². The molecular weight excluding hydrogens is 282 g/mol. The zero-order valence-electron chi connectivity index (χ0n) is 11.6. The summed E-state index contributed by atoms with van der Waals surface area (Å²) in [5.74, 6) is 0. The van der Waals surface area contributed by atoms with Gasteiger partial charge in [0, 0.05) is 5.56 Å². The Hall–Kier alpha value is -1.58. The number of hydrogen-bond donors (Lipinski definition) is 1. The van der Waals surface area contributed by atoms with E-state index in [9.17, 15) is 0 Å². The second-order valence-electron chi connectivity index (χ2n) is 4.54. The van der Waals surface area contributed by atoms with Crippen molar-refractivity contribution in [2.45, 2.75) is 13.8 Å². The molecule has 102 valence electrons. The highest BCUT2D eigenvalue weighted by atomic mass is 32.1. The summed E-state index contributed by atoms with van der Waals surface area (Å²) in [6, 6.07) is 14.9. The smallest absolute Gasteiger partial charge is 0.124 e. The van der Waals surface area contributed by atoms with Gasteiger partial charge >= 0.3 is 0 Å². The van der Waals surface area contributed by atoms with Crippen LogP contribution in [0.5, 0.6) is 0 Å². The van der Waals surface area contributed by atoms with Gasteiger partial charge in [0.2, 0.25) is 0 Å². The number of aromatic nitrogens is 1. The molecule has 1 nitrogen and oxygen atoms in total. The van der Waals surface area contributed by atoms with Gasteiger partial charge in [0.15, 0.2) is 0 Å². The number of nitrogens with zero attached hydrogens (tertiary/aromatic N) is 1. The van der Waals surface area contributed by atoms with Crippen LogP contribution in [0, 0.1) is 13.8 Å². The van der Waals surface area contributed by atoms with E-state index in [1.54, 1.807) is 11.3 Å². The van der Waals surface area contributed by atoms with E-state index in [1.165, 1.54) is 26.8 Å². The van der Waals surface area contributed by atoms with Crippen molar-refractivity contribution in [1.82, 2.24) is 4.98 Å². The van der Waals surface area contributed by atoms with Crippen LogP contribution >= 0.6 is 24.0 Å². The third-order valence-corrected chi connectivity index (χ3v) is 3.91. The Bertz CT molecular complexity index is 711. The van der Waals surface area contributed by atoms with Crippen molar-refractivity contribution in [3.8, 4) is 10.6 Å². The summed E-state index contributed by atoms with van der Waals surface area (Å²) < 4.78 is 1.26. The Morgan fingerprint density at radius 2 is 1.65 bits per heavy atom. The van der Waals surface area contributed by atoms with E-state index in [2.05, 4.69) is 80.5 Å². The topological polar surface area (TPSA) is 12.9 Å². The molecule has 0 aliphatic heterocycles. The van der Waals surface area contributed by atoms with Crippen LogP contribution in [0.2, 0.25) is 0 Å². The van der Waals surface area contributed by atoms with Crippen LogP contribution in [0.3, 0.4) is 0 Å². The summed E-state index contributed by atoms with van der Waals surface area (Å²) in [6.07, 6.45) is 0. The molecule has 0 saturated carbocycles. The molecule has 0 bridgehead atoms. The number of thiol groups is 1. The summed E-state index contributed by atoms with van der Waals surface area (Å²) >= 11 is 5.31. The molecule has 0 atom stereocenters. The predicted octanol–water partition coefficient (Wildman–Crippen LogP) is 5.64. The Morgan fingerprint density at radius 1 is 1.05 bits per heavy atom. The first-order valence-electron chi connectivity index (χ1n) is 6.33. The van der Waals surface area contributed by atoms with Crippen molar-refractivity contribution >= 4 is 34.2 Å². The van der Waals surface area contributed by atoms with Crippen molar-refractivity contribution in [3.63, 3.8) is 0 Å². The monoisotopic (exact) mass is 299 g/mol.